The Morgan fingerprint density at radius 1 is 1.43 bits per heavy atom. The van der Waals surface area contributed by atoms with Gasteiger partial charge in [-0.3, -0.25) is 4.79 Å². The zero-order valence-electron chi connectivity index (χ0n) is 12.9. The van der Waals surface area contributed by atoms with E-state index in [1.165, 1.54) is 12.1 Å². The molecule has 2 rings (SSSR count). The summed E-state index contributed by atoms with van der Waals surface area (Å²) in [6, 6.07) is 4.53. The summed E-state index contributed by atoms with van der Waals surface area (Å²) in [6.07, 6.45) is -0.306. The van der Waals surface area contributed by atoms with Crippen LogP contribution in [0.1, 0.15) is 18.9 Å². The van der Waals surface area contributed by atoms with Gasteiger partial charge in [0.1, 0.15) is 11.3 Å². The Hall–Kier alpha value is -2.05. The van der Waals surface area contributed by atoms with Crippen LogP contribution < -0.4 is 15.7 Å². The zero-order valence-corrected chi connectivity index (χ0v) is 13.6. The fraction of sp³-hybridized carbons (Fsp3) is 0.375. The third-order valence-electron chi connectivity index (χ3n) is 3.31. The molecule has 2 N–H and O–H groups in total. The monoisotopic (exact) mass is 339 g/mol. The van der Waals surface area contributed by atoms with Gasteiger partial charge in [-0.1, -0.05) is 11.6 Å². The first-order valence-corrected chi connectivity index (χ1v) is 7.59. The van der Waals surface area contributed by atoms with Gasteiger partial charge < -0.3 is 19.6 Å². The van der Waals surface area contributed by atoms with Crippen LogP contribution in [0, 0.1) is 6.92 Å². The molecule has 1 heterocycles. The number of carbonyl (C=O) groups is 1. The van der Waals surface area contributed by atoms with Crippen molar-refractivity contribution in [1.82, 2.24) is 5.32 Å². The van der Waals surface area contributed by atoms with E-state index in [0.29, 0.717) is 29.0 Å². The number of rotatable bonds is 6. The number of nitrogens with one attached hydrogen (secondary N) is 1. The van der Waals surface area contributed by atoms with Crippen molar-refractivity contribution in [1.29, 1.82) is 0 Å². The van der Waals surface area contributed by atoms with E-state index in [-0.39, 0.29) is 18.3 Å². The molecule has 1 amide bonds. The Balaban J connectivity index is 2.21. The lowest BCUT2D eigenvalue weighted by atomic mass is 10.1. The van der Waals surface area contributed by atoms with Gasteiger partial charge in [-0.2, -0.15) is 0 Å². The molecule has 1 atom stereocenters. The highest BCUT2D eigenvalue weighted by Crippen LogP contribution is 2.31. The Bertz CT molecular complexity index is 771. The van der Waals surface area contributed by atoms with Crippen LogP contribution in [0.15, 0.2) is 27.4 Å². The average molecular weight is 340 g/mol. The van der Waals surface area contributed by atoms with Gasteiger partial charge in [0.25, 0.3) is 5.91 Å². The molecular weight excluding hydrogens is 322 g/mol. The first kappa shape index (κ1) is 17.3. The van der Waals surface area contributed by atoms with Crippen molar-refractivity contribution >= 4 is 28.5 Å². The third-order valence-corrected chi connectivity index (χ3v) is 3.61. The Kier molecular flexibility index (Phi) is 5.63. The fourth-order valence-corrected chi connectivity index (χ4v) is 2.30. The van der Waals surface area contributed by atoms with Gasteiger partial charge in [0.05, 0.1) is 5.02 Å². The van der Waals surface area contributed by atoms with Crippen LogP contribution in [-0.2, 0) is 4.79 Å². The number of halogens is 1. The third kappa shape index (κ3) is 4.24. The molecule has 0 saturated heterocycles. The topological polar surface area (TPSA) is 88.8 Å². The number of benzene rings is 1. The maximum atomic E-state index is 11.9. The molecule has 23 heavy (non-hydrogen) atoms. The molecule has 0 radical (unpaired) electrons. The fourth-order valence-electron chi connectivity index (χ4n) is 2.09. The predicted molar refractivity (Wildman–Crippen MR) is 87.0 cm³/mol. The number of hydrogen-bond donors (Lipinski definition) is 2. The van der Waals surface area contributed by atoms with Gasteiger partial charge in [-0.15, -0.1) is 0 Å². The van der Waals surface area contributed by atoms with Gasteiger partial charge in [0.2, 0.25) is 0 Å². The number of aliphatic hydroxyl groups is 1. The second-order valence-corrected chi connectivity index (χ2v) is 5.56. The maximum absolute atomic E-state index is 11.9. The first-order chi connectivity index (χ1) is 10.9. The minimum absolute atomic E-state index is 0.00437. The SMILES string of the molecule is Cc1cc(=O)oc2cc(OC(C)C(=O)NCCCO)c(Cl)cc12. The summed E-state index contributed by atoms with van der Waals surface area (Å²) in [5, 5.41) is 12.4. The molecule has 124 valence electrons. The highest BCUT2D eigenvalue weighted by atomic mass is 35.5. The Labute approximate surface area is 138 Å². The Morgan fingerprint density at radius 2 is 2.17 bits per heavy atom. The molecule has 7 heteroatoms. The quantitative estimate of drug-likeness (QED) is 0.621. The van der Waals surface area contributed by atoms with Crippen LogP contribution in [0.3, 0.4) is 0 Å². The summed E-state index contributed by atoms with van der Waals surface area (Å²) >= 11 is 6.18. The number of fused-ring (bicyclic) bond motifs is 1. The van der Waals surface area contributed by atoms with E-state index >= 15 is 0 Å². The molecule has 0 spiro atoms. The molecule has 0 fully saturated rings. The van der Waals surface area contributed by atoms with Crippen molar-refractivity contribution in [3.8, 4) is 5.75 Å². The van der Waals surface area contributed by atoms with Crippen LogP contribution in [-0.4, -0.2) is 30.3 Å². The molecule has 1 aromatic heterocycles. The normalized spacial score (nSPS) is 12.2. The van der Waals surface area contributed by atoms with Gasteiger partial charge in [0.15, 0.2) is 6.10 Å². The van der Waals surface area contributed by atoms with Gasteiger partial charge in [-0.05, 0) is 31.9 Å². The number of amides is 1. The van der Waals surface area contributed by atoms with E-state index in [2.05, 4.69) is 5.32 Å². The van der Waals surface area contributed by atoms with Crippen molar-refractivity contribution in [2.75, 3.05) is 13.2 Å². The second-order valence-electron chi connectivity index (χ2n) is 5.16. The molecule has 2 aromatic rings. The number of carbonyl (C=O) groups excluding carboxylic acids is 1. The van der Waals surface area contributed by atoms with Crippen molar-refractivity contribution in [2.45, 2.75) is 26.4 Å². The largest absolute Gasteiger partial charge is 0.479 e. The summed E-state index contributed by atoms with van der Waals surface area (Å²) in [5.74, 6) is -0.0574. The van der Waals surface area contributed by atoms with Crippen molar-refractivity contribution in [2.24, 2.45) is 0 Å². The molecule has 0 aliphatic carbocycles. The molecule has 1 aromatic carbocycles. The minimum Gasteiger partial charge on any atom is -0.479 e. The van der Waals surface area contributed by atoms with Crippen LogP contribution in [0.2, 0.25) is 5.02 Å². The zero-order chi connectivity index (χ0) is 17.0. The highest BCUT2D eigenvalue weighted by Gasteiger charge is 2.17. The van der Waals surface area contributed by atoms with E-state index in [1.54, 1.807) is 19.9 Å². The van der Waals surface area contributed by atoms with Crippen molar-refractivity contribution < 1.29 is 19.1 Å². The molecular formula is C16H18ClNO5. The summed E-state index contributed by atoms with van der Waals surface area (Å²) in [4.78, 5) is 23.3. The van der Waals surface area contributed by atoms with Crippen molar-refractivity contribution in [3.63, 3.8) is 0 Å². The number of ether oxygens (including phenoxy) is 1. The lowest BCUT2D eigenvalue weighted by Crippen LogP contribution is -2.37. The van der Waals surface area contributed by atoms with E-state index in [1.807, 2.05) is 0 Å². The van der Waals surface area contributed by atoms with Crippen LogP contribution >= 0.6 is 11.6 Å². The van der Waals surface area contributed by atoms with Gasteiger partial charge in [0, 0.05) is 30.7 Å². The van der Waals surface area contributed by atoms with Crippen LogP contribution in [0.25, 0.3) is 11.0 Å². The molecule has 0 saturated carbocycles. The lowest BCUT2D eigenvalue weighted by Gasteiger charge is -2.16. The molecule has 0 bridgehead atoms. The van der Waals surface area contributed by atoms with Crippen molar-refractivity contribution in [3.05, 3.63) is 39.2 Å². The summed E-state index contributed by atoms with van der Waals surface area (Å²) < 4.78 is 10.7. The van der Waals surface area contributed by atoms with E-state index in [4.69, 9.17) is 25.9 Å². The van der Waals surface area contributed by atoms with E-state index < -0.39 is 11.7 Å². The minimum atomic E-state index is -0.778. The number of hydrogen-bond acceptors (Lipinski definition) is 5. The first-order valence-electron chi connectivity index (χ1n) is 7.21. The summed E-state index contributed by atoms with van der Waals surface area (Å²) in [6.45, 7) is 3.74. The van der Waals surface area contributed by atoms with Gasteiger partial charge in [-0.25, -0.2) is 4.79 Å². The molecule has 0 aliphatic heterocycles. The van der Waals surface area contributed by atoms with Gasteiger partial charge >= 0.3 is 5.63 Å². The second kappa shape index (κ2) is 7.48. The molecule has 6 nitrogen and oxygen atoms in total. The predicted octanol–water partition coefficient (Wildman–Crippen LogP) is 2.02. The number of aryl methyl sites for hydroxylation is 1. The van der Waals surface area contributed by atoms with E-state index in [0.717, 1.165) is 5.56 Å². The number of aliphatic hydroxyl groups excluding tert-OH is 1. The standard InChI is InChI=1S/C16H18ClNO5/c1-9-6-15(20)23-13-8-14(12(17)7-11(9)13)22-10(2)16(21)18-4-3-5-19/h6-8,10,19H,3-5H2,1-2H3,(H,18,21). The molecule has 0 aliphatic rings. The summed E-state index contributed by atoms with van der Waals surface area (Å²) in [7, 11) is 0. The average Bonchev–Trinajstić information content (AvgIpc) is 2.49. The maximum Gasteiger partial charge on any atom is 0.336 e. The Morgan fingerprint density at radius 3 is 2.87 bits per heavy atom. The smallest absolute Gasteiger partial charge is 0.336 e. The molecule has 1 unspecified atom stereocenters. The highest BCUT2D eigenvalue weighted by molar-refractivity contribution is 6.32. The van der Waals surface area contributed by atoms with Crippen LogP contribution in [0.5, 0.6) is 5.75 Å². The lowest BCUT2D eigenvalue weighted by molar-refractivity contribution is -0.127. The van der Waals surface area contributed by atoms with Crippen LogP contribution in [0.4, 0.5) is 0 Å². The van der Waals surface area contributed by atoms with E-state index in [9.17, 15) is 9.59 Å². The summed E-state index contributed by atoms with van der Waals surface area (Å²) in [5.41, 5.74) is 0.639.